The molecule has 2 aromatic rings. The zero-order valence-electron chi connectivity index (χ0n) is 36.4. The van der Waals surface area contributed by atoms with E-state index in [0.717, 1.165) is 43.1 Å². The molecule has 3 aliphatic carbocycles. The molecule has 3 heterocycles. The van der Waals surface area contributed by atoms with Gasteiger partial charge in [0, 0.05) is 38.4 Å². The number of ether oxygens (including phenoxy) is 4. The molecule has 332 valence electrons. The molecule has 7 atom stereocenters. The topological polar surface area (TPSA) is 168 Å². The number of hydrogen-bond donors (Lipinski definition) is 1. The molecule has 0 spiro atoms. The average molecular weight is 862 g/mol. The fourth-order valence-electron chi connectivity index (χ4n) is 9.48. The summed E-state index contributed by atoms with van der Waals surface area (Å²) in [6.45, 7) is 12.1. The Morgan fingerprint density at radius 2 is 1.85 bits per heavy atom. The van der Waals surface area contributed by atoms with Crippen LogP contribution < -0.4 is 14.2 Å². The predicted octanol–water partition coefficient (Wildman–Crippen LogP) is 6.81. The molecule has 1 N–H and O–H groups in total. The molecule has 14 heteroatoms. The minimum atomic E-state index is -3.97. The second kappa shape index (κ2) is 17.8. The number of amides is 2. The van der Waals surface area contributed by atoms with Gasteiger partial charge >= 0.3 is 5.97 Å². The first-order valence-electron chi connectivity index (χ1n) is 22.1. The highest BCUT2D eigenvalue weighted by atomic mass is 32.2. The van der Waals surface area contributed by atoms with E-state index in [1.807, 2.05) is 45.0 Å². The quantitative estimate of drug-likeness (QED) is 0.135. The standard InChI is InChI=1S/C47H63N3O10S/c1-7-31-27-47(31,44(54)49-61(55,56)46(5)21-22-46)28-38(51)37-25-32-29-50(37)43(53)35(45(2,3)4)26-40(52)60-39-20-13-16-30(39)15-9-8-10-18-34-41(58-24-14-23-57-6)33-17-11-12-19-36(33)48-42(34)59-32/h7-8,10-12,17,19,30-32,35,37,39H,1,9,13-16,18,20-29H2,2-6H3,(H,49,54)/b10-8+/t30-,31-,32-,35-,37+,39-,47-/m1/s1. The maximum atomic E-state index is 15.0. The molecule has 4 fully saturated rings. The summed E-state index contributed by atoms with van der Waals surface area (Å²) in [4.78, 5) is 63.9. The van der Waals surface area contributed by atoms with Crippen LogP contribution in [0.2, 0.25) is 0 Å². The van der Waals surface area contributed by atoms with Gasteiger partial charge in [-0.05, 0) is 94.1 Å². The Hall–Kier alpha value is -4.30. The summed E-state index contributed by atoms with van der Waals surface area (Å²) in [5, 5.41) is 0.834. The lowest BCUT2D eigenvalue weighted by Gasteiger charge is -2.35. The summed E-state index contributed by atoms with van der Waals surface area (Å²) < 4.78 is 52.4. The van der Waals surface area contributed by atoms with E-state index in [1.165, 1.54) is 4.90 Å². The number of Topliss-reactive ketones (excluding diaryl/α,β-unsaturated/α-hetero) is 1. The summed E-state index contributed by atoms with van der Waals surface area (Å²) >= 11 is 0. The number of esters is 1. The normalized spacial score (nSPS) is 29.6. The highest BCUT2D eigenvalue weighted by Crippen LogP contribution is 2.57. The molecule has 7 rings (SSSR count). The largest absolute Gasteiger partial charge is 0.492 e. The van der Waals surface area contributed by atoms with Gasteiger partial charge in [-0.15, -0.1) is 6.58 Å². The minimum Gasteiger partial charge on any atom is -0.492 e. The van der Waals surface area contributed by atoms with Crippen molar-refractivity contribution in [1.29, 1.82) is 0 Å². The number of ketones is 1. The number of fused-ring (bicyclic) bond motifs is 5. The van der Waals surface area contributed by atoms with E-state index < -0.39 is 61.5 Å². The maximum absolute atomic E-state index is 15.0. The van der Waals surface area contributed by atoms with Crippen LogP contribution in [-0.2, 0) is 45.1 Å². The first kappa shape index (κ1) is 44.7. The zero-order valence-corrected chi connectivity index (χ0v) is 37.2. The Morgan fingerprint density at radius 3 is 2.56 bits per heavy atom. The first-order valence-corrected chi connectivity index (χ1v) is 23.6. The van der Waals surface area contributed by atoms with Gasteiger partial charge in [-0.25, -0.2) is 13.4 Å². The Bertz CT molecular complexity index is 2160. The van der Waals surface area contributed by atoms with Gasteiger partial charge in [0.25, 0.3) is 0 Å². The van der Waals surface area contributed by atoms with E-state index >= 15 is 0 Å². The number of hydrogen-bond acceptors (Lipinski definition) is 11. The number of pyridine rings is 1. The molecule has 5 aliphatic rings. The van der Waals surface area contributed by atoms with Crippen LogP contribution in [0.15, 0.2) is 49.1 Å². The molecular formula is C47H63N3O10S. The SMILES string of the molecule is C=C[C@@H]1C[C@]1(CC(=O)[C@@H]1C[C@@H]2CN1C(=O)[C@H](C(C)(C)C)CC(=O)O[C@@H]1CCC[C@H]1CC/C=C/Cc1c(nc3ccccc3c1OCCCOC)O2)C(=O)NS(=O)(=O)C1(C)CC1. The van der Waals surface area contributed by atoms with Gasteiger partial charge in [0.1, 0.15) is 18.0 Å². The lowest BCUT2D eigenvalue weighted by molar-refractivity contribution is -0.158. The van der Waals surface area contributed by atoms with E-state index in [-0.39, 0.29) is 55.9 Å². The minimum absolute atomic E-state index is 0.0200. The maximum Gasteiger partial charge on any atom is 0.306 e. The number of aromatic nitrogens is 1. The van der Waals surface area contributed by atoms with Gasteiger partial charge in [-0.1, -0.05) is 51.1 Å². The van der Waals surface area contributed by atoms with Crippen molar-refractivity contribution in [3.63, 3.8) is 0 Å². The van der Waals surface area contributed by atoms with Crippen molar-refractivity contribution >= 4 is 44.5 Å². The summed E-state index contributed by atoms with van der Waals surface area (Å²) in [6, 6.07) is 6.67. The van der Waals surface area contributed by atoms with Gasteiger partial charge in [0.05, 0.1) is 52.8 Å². The molecule has 61 heavy (non-hydrogen) atoms. The van der Waals surface area contributed by atoms with E-state index in [2.05, 4.69) is 23.5 Å². The number of methoxy groups -OCH3 is 1. The van der Waals surface area contributed by atoms with Crippen molar-refractivity contribution in [2.24, 2.45) is 28.6 Å². The number of carbonyl (C=O) groups is 4. The highest BCUT2D eigenvalue weighted by molar-refractivity contribution is 7.91. The molecular weight excluding hydrogens is 799 g/mol. The smallest absolute Gasteiger partial charge is 0.306 e. The van der Waals surface area contributed by atoms with Gasteiger partial charge in [-0.2, -0.15) is 0 Å². The number of benzene rings is 1. The van der Waals surface area contributed by atoms with Gasteiger partial charge < -0.3 is 23.8 Å². The second-order valence-corrected chi connectivity index (χ2v) is 21.4. The number of nitrogens with one attached hydrogen (secondary N) is 1. The third kappa shape index (κ3) is 9.55. The van der Waals surface area contributed by atoms with Crippen LogP contribution in [0.1, 0.15) is 110 Å². The second-order valence-electron chi connectivity index (χ2n) is 19.2. The third-order valence-corrected chi connectivity index (χ3v) is 16.0. The van der Waals surface area contributed by atoms with Gasteiger partial charge in [0.2, 0.25) is 27.7 Å². The molecule has 13 nitrogen and oxygen atoms in total. The zero-order chi connectivity index (χ0) is 43.7. The lowest BCUT2D eigenvalue weighted by Crippen LogP contribution is -2.49. The molecule has 2 aliphatic heterocycles. The first-order chi connectivity index (χ1) is 29.0. The highest BCUT2D eigenvalue weighted by Gasteiger charge is 2.62. The molecule has 1 saturated heterocycles. The van der Waals surface area contributed by atoms with Crippen molar-refractivity contribution in [2.75, 3.05) is 26.9 Å². The van der Waals surface area contributed by atoms with Crippen LogP contribution in [0.3, 0.4) is 0 Å². The fourth-order valence-corrected chi connectivity index (χ4v) is 10.8. The summed E-state index contributed by atoms with van der Waals surface area (Å²) in [5.41, 5.74) is -0.603. The van der Waals surface area contributed by atoms with Crippen molar-refractivity contribution in [1.82, 2.24) is 14.6 Å². The lowest BCUT2D eigenvalue weighted by atomic mass is 9.77. The molecule has 0 radical (unpaired) electrons. The van der Waals surface area contributed by atoms with Gasteiger partial charge in [-0.3, -0.25) is 23.9 Å². The number of allylic oxidation sites excluding steroid dienone is 3. The van der Waals surface area contributed by atoms with Crippen LogP contribution in [0.5, 0.6) is 11.6 Å². The average Bonchev–Trinajstić information content (AvgIpc) is 4.03. The van der Waals surface area contributed by atoms with E-state index in [1.54, 1.807) is 20.1 Å². The Morgan fingerprint density at radius 1 is 1.08 bits per heavy atom. The van der Waals surface area contributed by atoms with Crippen LogP contribution in [-0.4, -0.2) is 91.7 Å². The number of para-hydroxylation sites is 1. The third-order valence-electron chi connectivity index (χ3n) is 13.8. The van der Waals surface area contributed by atoms with Crippen LogP contribution in [0.25, 0.3) is 10.9 Å². The van der Waals surface area contributed by atoms with Crippen molar-refractivity contribution in [2.45, 2.75) is 134 Å². The number of nitrogens with zero attached hydrogens (tertiary/aromatic N) is 2. The summed E-state index contributed by atoms with van der Waals surface area (Å²) in [6.07, 6.45) is 11.1. The molecule has 0 unspecified atom stereocenters. The van der Waals surface area contributed by atoms with Crippen LogP contribution in [0, 0.1) is 28.6 Å². The fraction of sp³-hybridized carbons (Fsp3) is 0.638. The Balaban J connectivity index is 1.26. The van der Waals surface area contributed by atoms with Crippen LogP contribution in [0.4, 0.5) is 0 Å². The molecule has 2 amide bonds. The Kier molecular flexibility index (Phi) is 13.1. The Labute approximate surface area is 360 Å². The van der Waals surface area contributed by atoms with Crippen LogP contribution >= 0.6 is 0 Å². The van der Waals surface area contributed by atoms with E-state index in [9.17, 15) is 27.6 Å². The van der Waals surface area contributed by atoms with E-state index in [0.29, 0.717) is 56.0 Å². The van der Waals surface area contributed by atoms with Crippen molar-refractivity contribution in [3.8, 4) is 11.6 Å². The summed E-state index contributed by atoms with van der Waals surface area (Å²) in [5.74, 6) is -1.99. The predicted molar refractivity (Wildman–Crippen MR) is 230 cm³/mol. The molecule has 1 aromatic heterocycles. The van der Waals surface area contributed by atoms with Crippen molar-refractivity contribution in [3.05, 3.63) is 54.6 Å². The van der Waals surface area contributed by atoms with Crippen molar-refractivity contribution < 1.29 is 46.5 Å². The van der Waals surface area contributed by atoms with Gasteiger partial charge in [0.15, 0.2) is 5.78 Å². The van der Waals surface area contributed by atoms with E-state index in [4.69, 9.17) is 23.9 Å². The molecule has 3 saturated carbocycles. The molecule has 1 aromatic carbocycles. The number of rotatable bonds is 12. The summed E-state index contributed by atoms with van der Waals surface area (Å²) in [7, 11) is -2.32. The molecule has 2 bridgehead atoms. The monoisotopic (exact) mass is 861 g/mol. The number of carbonyl (C=O) groups excluding carboxylic acids is 4. The number of sulfonamides is 1.